The number of benzene rings is 1. The van der Waals surface area contributed by atoms with Gasteiger partial charge in [0.1, 0.15) is 0 Å². The van der Waals surface area contributed by atoms with Gasteiger partial charge in [-0.05, 0) is 12.0 Å². The van der Waals surface area contributed by atoms with Gasteiger partial charge in [0, 0.05) is 13.1 Å². The molecule has 98 valence electrons. The zero-order valence-electron chi connectivity index (χ0n) is 9.93. The van der Waals surface area contributed by atoms with Crippen molar-refractivity contribution in [1.82, 2.24) is 10.6 Å². The molecule has 0 aromatic heterocycles. The Kier molecular flexibility index (Phi) is 5.66. The lowest BCUT2D eigenvalue weighted by molar-refractivity contribution is -0.122. The number of carbonyl (C=O) groups excluding carboxylic acids is 1. The van der Waals surface area contributed by atoms with E-state index in [-0.39, 0.29) is 19.0 Å². The van der Waals surface area contributed by atoms with Crippen LogP contribution in [0.15, 0.2) is 30.3 Å². The Morgan fingerprint density at radius 3 is 2.39 bits per heavy atom. The molecule has 0 aliphatic carbocycles. The Bertz CT molecular complexity index is 395. The molecule has 6 nitrogen and oxygen atoms in total. The minimum Gasteiger partial charge on any atom is -0.465 e. The van der Waals surface area contributed by atoms with E-state index >= 15 is 0 Å². The molecule has 1 aromatic carbocycles. The molecule has 0 heterocycles. The van der Waals surface area contributed by atoms with Crippen molar-refractivity contribution in [3.8, 4) is 0 Å². The highest BCUT2D eigenvalue weighted by atomic mass is 16.4. The average molecular weight is 251 g/mol. The molecular formula is C12H17N3O3. The summed E-state index contributed by atoms with van der Waals surface area (Å²) in [5, 5.41) is 13.1. The van der Waals surface area contributed by atoms with E-state index in [0.717, 1.165) is 5.56 Å². The highest BCUT2D eigenvalue weighted by molar-refractivity contribution is 5.81. The number of hydrogen-bond acceptors (Lipinski definition) is 3. The molecule has 1 aromatic rings. The van der Waals surface area contributed by atoms with Crippen molar-refractivity contribution < 1.29 is 14.7 Å². The summed E-state index contributed by atoms with van der Waals surface area (Å²) in [6.45, 7) is 0.396. The Hall–Kier alpha value is -2.08. The predicted molar refractivity (Wildman–Crippen MR) is 67.2 cm³/mol. The van der Waals surface area contributed by atoms with Crippen LogP contribution >= 0.6 is 0 Å². The first kappa shape index (κ1) is 14.0. The summed E-state index contributed by atoms with van der Waals surface area (Å²) in [6.07, 6.45) is -0.656. The predicted octanol–water partition coefficient (Wildman–Crippen LogP) is -0.0598. The molecule has 0 bridgehead atoms. The summed E-state index contributed by atoms with van der Waals surface area (Å²) in [4.78, 5) is 21.8. The molecule has 0 saturated carbocycles. The van der Waals surface area contributed by atoms with Crippen LogP contribution in [0.25, 0.3) is 0 Å². The first-order chi connectivity index (χ1) is 8.59. The van der Waals surface area contributed by atoms with E-state index < -0.39 is 12.1 Å². The van der Waals surface area contributed by atoms with Crippen LogP contribution < -0.4 is 16.4 Å². The Balaban J connectivity index is 2.27. The number of nitrogens with two attached hydrogens (primary N) is 1. The van der Waals surface area contributed by atoms with Crippen LogP contribution in [0.5, 0.6) is 0 Å². The average Bonchev–Trinajstić information content (AvgIpc) is 2.35. The van der Waals surface area contributed by atoms with Crippen molar-refractivity contribution in [1.29, 1.82) is 0 Å². The molecule has 5 N–H and O–H groups in total. The van der Waals surface area contributed by atoms with Crippen LogP contribution in [-0.4, -0.2) is 36.2 Å². The third kappa shape index (κ3) is 5.31. The van der Waals surface area contributed by atoms with E-state index in [9.17, 15) is 9.59 Å². The third-order valence-electron chi connectivity index (χ3n) is 2.34. The largest absolute Gasteiger partial charge is 0.465 e. The second kappa shape index (κ2) is 7.29. The minimum absolute atomic E-state index is 0.166. The van der Waals surface area contributed by atoms with Gasteiger partial charge in [-0.15, -0.1) is 0 Å². The summed E-state index contributed by atoms with van der Waals surface area (Å²) >= 11 is 0. The molecule has 0 aliphatic heterocycles. The summed E-state index contributed by atoms with van der Waals surface area (Å²) in [7, 11) is 0. The third-order valence-corrected chi connectivity index (χ3v) is 2.34. The van der Waals surface area contributed by atoms with E-state index in [1.807, 2.05) is 30.3 Å². The van der Waals surface area contributed by atoms with E-state index in [4.69, 9.17) is 10.8 Å². The fourth-order valence-electron chi connectivity index (χ4n) is 1.45. The van der Waals surface area contributed by atoms with Crippen molar-refractivity contribution >= 4 is 12.0 Å². The van der Waals surface area contributed by atoms with Crippen LogP contribution in [-0.2, 0) is 11.2 Å². The quantitative estimate of drug-likeness (QED) is 0.532. The summed E-state index contributed by atoms with van der Waals surface area (Å²) in [6, 6.07) is 8.84. The van der Waals surface area contributed by atoms with Crippen molar-refractivity contribution in [2.45, 2.75) is 12.5 Å². The normalized spacial score (nSPS) is 11.6. The van der Waals surface area contributed by atoms with Gasteiger partial charge in [-0.25, -0.2) is 4.79 Å². The second-order valence-electron chi connectivity index (χ2n) is 3.82. The van der Waals surface area contributed by atoms with Crippen molar-refractivity contribution in [3.63, 3.8) is 0 Å². The van der Waals surface area contributed by atoms with Crippen LogP contribution in [0.3, 0.4) is 0 Å². The standard InChI is InChI=1S/C12H17N3O3/c13-10(8-9-4-2-1-3-5-9)11(16)14-6-7-15-12(17)18/h1-5,10,15H,6-8,13H2,(H,14,16)(H,17,18). The summed E-state index contributed by atoms with van der Waals surface area (Å²) in [5.41, 5.74) is 6.73. The Morgan fingerprint density at radius 2 is 1.78 bits per heavy atom. The lowest BCUT2D eigenvalue weighted by atomic mass is 10.1. The SMILES string of the molecule is NC(Cc1ccccc1)C(=O)NCCNC(=O)O. The Morgan fingerprint density at radius 1 is 1.17 bits per heavy atom. The second-order valence-corrected chi connectivity index (χ2v) is 3.82. The summed E-state index contributed by atoms with van der Waals surface area (Å²) < 4.78 is 0. The number of hydrogen-bond donors (Lipinski definition) is 4. The maximum atomic E-state index is 11.6. The summed E-state index contributed by atoms with van der Waals surface area (Å²) in [5.74, 6) is -0.286. The zero-order chi connectivity index (χ0) is 13.4. The highest BCUT2D eigenvalue weighted by Crippen LogP contribution is 2.01. The molecular weight excluding hydrogens is 234 g/mol. The first-order valence-corrected chi connectivity index (χ1v) is 5.63. The van der Waals surface area contributed by atoms with Gasteiger partial charge in [-0.1, -0.05) is 30.3 Å². The van der Waals surface area contributed by atoms with E-state index in [2.05, 4.69) is 10.6 Å². The van der Waals surface area contributed by atoms with Gasteiger partial charge >= 0.3 is 6.09 Å². The minimum atomic E-state index is -1.11. The van der Waals surface area contributed by atoms with Gasteiger partial charge < -0.3 is 21.5 Å². The molecule has 6 heteroatoms. The van der Waals surface area contributed by atoms with E-state index in [0.29, 0.717) is 6.42 Å². The fraction of sp³-hybridized carbons (Fsp3) is 0.333. The number of amides is 2. The van der Waals surface area contributed by atoms with Gasteiger partial charge in [-0.2, -0.15) is 0 Å². The molecule has 0 saturated heterocycles. The van der Waals surface area contributed by atoms with Gasteiger partial charge in [0.25, 0.3) is 0 Å². The lowest BCUT2D eigenvalue weighted by Gasteiger charge is -2.12. The molecule has 1 atom stereocenters. The molecule has 0 radical (unpaired) electrons. The number of carboxylic acid groups (broad SMARTS) is 1. The lowest BCUT2D eigenvalue weighted by Crippen LogP contribution is -2.44. The van der Waals surface area contributed by atoms with Gasteiger partial charge in [0.2, 0.25) is 5.91 Å². The molecule has 0 fully saturated rings. The van der Waals surface area contributed by atoms with Crippen molar-refractivity contribution in [2.75, 3.05) is 13.1 Å². The maximum Gasteiger partial charge on any atom is 0.404 e. The smallest absolute Gasteiger partial charge is 0.404 e. The zero-order valence-corrected chi connectivity index (χ0v) is 9.93. The van der Waals surface area contributed by atoms with Crippen molar-refractivity contribution in [3.05, 3.63) is 35.9 Å². The van der Waals surface area contributed by atoms with Gasteiger partial charge in [0.05, 0.1) is 6.04 Å². The van der Waals surface area contributed by atoms with Gasteiger partial charge in [-0.3, -0.25) is 4.79 Å². The molecule has 0 spiro atoms. The molecule has 0 aliphatic rings. The number of carbonyl (C=O) groups is 2. The van der Waals surface area contributed by atoms with Gasteiger partial charge in [0.15, 0.2) is 0 Å². The van der Waals surface area contributed by atoms with Crippen molar-refractivity contribution in [2.24, 2.45) is 5.73 Å². The van der Waals surface area contributed by atoms with Crippen LogP contribution in [0.1, 0.15) is 5.56 Å². The first-order valence-electron chi connectivity index (χ1n) is 5.63. The van der Waals surface area contributed by atoms with E-state index in [1.54, 1.807) is 0 Å². The number of nitrogens with one attached hydrogen (secondary N) is 2. The maximum absolute atomic E-state index is 11.6. The monoisotopic (exact) mass is 251 g/mol. The molecule has 1 rings (SSSR count). The number of rotatable bonds is 6. The topological polar surface area (TPSA) is 104 Å². The Labute approximate surface area is 105 Å². The fourth-order valence-corrected chi connectivity index (χ4v) is 1.45. The van der Waals surface area contributed by atoms with Crippen LogP contribution in [0.2, 0.25) is 0 Å². The molecule has 1 unspecified atom stereocenters. The highest BCUT2D eigenvalue weighted by Gasteiger charge is 2.13. The van der Waals surface area contributed by atoms with E-state index in [1.165, 1.54) is 0 Å². The van der Waals surface area contributed by atoms with Crippen LogP contribution in [0, 0.1) is 0 Å². The molecule has 2 amide bonds. The van der Waals surface area contributed by atoms with Crippen LogP contribution in [0.4, 0.5) is 4.79 Å². The molecule has 18 heavy (non-hydrogen) atoms.